The van der Waals surface area contributed by atoms with Gasteiger partial charge in [0.2, 0.25) is 5.91 Å². The van der Waals surface area contributed by atoms with Gasteiger partial charge in [-0.1, -0.05) is 35.9 Å². The number of rotatable bonds is 3. The molecule has 26 heavy (non-hydrogen) atoms. The lowest BCUT2D eigenvalue weighted by Crippen LogP contribution is -2.51. The number of hydrogen-bond acceptors (Lipinski definition) is 4. The van der Waals surface area contributed by atoms with Gasteiger partial charge in [-0.05, 0) is 29.8 Å². The number of hydrogen-bond donors (Lipinski definition) is 2. The maximum atomic E-state index is 12.4. The van der Waals surface area contributed by atoms with E-state index < -0.39 is 30.2 Å². The van der Waals surface area contributed by atoms with Crippen LogP contribution in [0.4, 0.5) is 0 Å². The molecule has 0 bridgehead atoms. The second-order valence-electron chi connectivity index (χ2n) is 5.63. The largest absolute Gasteiger partial charge is 0.274 e. The van der Waals surface area contributed by atoms with E-state index in [-0.39, 0.29) is 12.0 Å². The number of benzene rings is 2. The van der Waals surface area contributed by atoms with Gasteiger partial charge in [-0.15, -0.1) is 0 Å². The summed E-state index contributed by atoms with van der Waals surface area (Å²) in [6.45, 7) is -0.484. The van der Waals surface area contributed by atoms with Gasteiger partial charge in [0.1, 0.15) is 6.54 Å². The van der Waals surface area contributed by atoms with Crippen LogP contribution < -0.4 is 10.9 Å². The van der Waals surface area contributed by atoms with Crippen molar-refractivity contribution in [2.24, 2.45) is 0 Å². The molecule has 0 saturated carbocycles. The van der Waals surface area contributed by atoms with Gasteiger partial charge in [0, 0.05) is 16.1 Å². The van der Waals surface area contributed by atoms with Gasteiger partial charge < -0.3 is 0 Å². The van der Waals surface area contributed by atoms with E-state index in [1.165, 1.54) is 12.1 Å². The molecule has 0 unspecified atom stereocenters. The first-order valence-electron chi connectivity index (χ1n) is 7.73. The maximum absolute atomic E-state index is 12.4. The summed E-state index contributed by atoms with van der Waals surface area (Å²) in [7, 11) is 0. The molecule has 1 aliphatic rings. The molecule has 2 aromatic carbocycles. The second kappa shape index (κ2) is 7.37. The van der Waals surface area contributed by atoms with Crippen molar-refractivity contribution < 1.29 is 19.2 Å². The van der Waals surface area contributed by atoms with Crippen molar-refractivity contribution in [1.29, 1.82) is 0 Å². The Bertz CT molecular complexity index is 913. The highest BCUT2D eigenvalue weighted by Gasteiger charge is 2.31. The van der Waals surface area contributed by atoms with Crippen molar-refractivity contribution in [3.05, 3.63) is 70.2 Å². The van der Waals surface area contributed by atoms with Crippen molar-refractivity contribution >= 4 is 35.2 Å². The summed E-state index contributed by atoms with van der Waals surface area (Å²) in [5, 5.41) is 0.382. The van der Waals surface area contributed by atoms with Gasteiger partial charge in [0.25, 0.3) is 17.7 Å². The van der Waals surface area contributed by atoms with Crippen molar-refractivity contribution in [2.45, 2.75) is 6.42 Å². The second-order valence-corrected chi connectivity index (χ2v) is 6.07. The Balaban J connectivity index is 1.61. The number of halogens is 1. The van der Waals surface area contributed by atoms with Gasteiger partial charge in [-0.2, -0.15) is 0 Å². The number of nitrogens with zero attached hydrogens (tertiary/aromatic N) is 1. The van der Waals surface area contributed by atoms with Crippen LogP contribution in [0.3, 0.4) is 0 Å². The van der Waals surface area contributed by atoms with E-state index in [0.717, 1.165) is 4.90 Å². The van der Waals surface area contributed by atoms with Gasteiger partial charge in [0.05, 0.1) is 6.42 Å². The minimum Gasteiger partial charge on any atom is -0.274 e. The molecule has 1 heterocycles. The van der Waals surface area contributed by atoms with Crippen molar-refractivity contribution in [1.82, 2.24) is 15.8 Å². The topological polar surface area (TPSA) is 95.6 Å². The van der Waals surface area contributed by atoms with Crippen LogP contribution in [0.2, 0.25) is 5.02 Å². The molecule has 0 radical (unpaired) electrons. The van der Waals surface area contributed by atoms with E-state index in [2.05, 4.69) is 10.9 Å². The lowest BCUT2D eigenvalue weighted by molar-refractivity contribution is -0.133. The maximum Gasteiger partial charge on any atom is 0.269 e. The van der Waals surface area contributed by atoms with E-state index >= 15 is 0 Å². The van der Waals surface area contributed by atoms with Crippen LogP contribution in [0.1, 0.15) is 26.3 Å². The lowest BCUT2D eigenvalue weighted by Gasteiger charge is -2.26. The molecular formula is C18H14ClN3O4. The van der Waals surface area contributed by atoms with Crippen LogP contribution in [0.5, 0.6) is 0 Å². The van der Waals surface area contributed by atoms with E-state index in [0.29, 0.717) is 16.1 Å². The van der Waals surface area contributed by atoms with Crippen LogP contribution in [-0.2, 0) is 16.0 Å². The van der Waals surface area contributed by atoms with E-state index in [1.807, 2.05) is 0 Å². The molecule has 4 amide bonds. The van der Waals surface area contributed by atoms with Crippen molar-refractivity contribution in [3.8, 4) is 0 Å². The fourth-order valence-corrected chi connectivity index (χ4v) is 2.76. The summed E-state index contributed by atoms with van der Waals surface area (Å²) < 4.78 is 0. The van der Waals surface area contributed by atoms with Gasteiger partial charge in [-0.3, -0.25) is 34.9 Å². The molecule has 8 heteroatoms. The molecule has 0 aliphatic carbocycles. The van der Waals surface area contributed by atoms with Gasteiger partial charge >= 0.3 is 0 Å². The van der Waals surface area contributed by atoms with Crippen LogP contribution in [-0.4, -0.2) is 35.1 Å². The average Bonchev–Trinajstić information content (AvgIpc) is 2.63. The van der Waals surface area contributed by atoms with E-state index in [9.17, 15) is 19.2 Å². The first kappa shape index (κ1) is 17.6. The molecule has 2 aromatic rings. The molecule has 0 aromatic heterocycles. The normalized spacial score (nSPS) is 13.2. The Morgan fingerprint density at radius 1 is 1.04 bits per heavy atom. The fraction of sp³-hybridized carbons (Fsp3) is 0.111. The molecule has 0 fully saturated rings. The lowest BCUT2D eigenvalue weighted by atomic mass is 9.98. The summed E-state index contributed by atoms with van der Waals surface area (Å²) in [4.78, 5) is 49.3. The minimum absolute atomic E-state index is 0.0457. The summed E-state index contributed by atoms with van der Waals surface area (Å²) in [5.74, 6) is -2.26. The Kier molecular flexibility index (Phi) is 4.99. The summed E-state index contributed by atoms with van der Waals surface area (Å²) in [5.41, 5.74) is 5.69. The van der Waals surface area contributed by atoms with E-state index in [1.54, 1.807) is 36.4 Å². The van der Waals surface area contributed by atoms with Crippen LogP contribution in [0.15, 0.2) is 48.5 Å². The van der Waals surface area contributed by atoms with Gasteiger partial charge in [0.15, 0.2) is 0 Å². The average molecular weight is 372 g/mol. The number of hydrazine groups is 1. The summed E-state index contributed by atoms with van der Waals surface area (Å²) >= 11 is 5.80. The Morgan fingerprint density at radius 2 is 1.81 bits per heavy atom. The summed E-state index contributed by atoms with van der Waals surface area (Å²) in [6, 6.07) is 12.9. The first-order chi connectivity index (χ1) is 12.5. The highest BCUT2D eigenvalue weighted by Crippen LogP contribution is 2.19. The quantitative estimate of drug-likeness (QED) is 0.628. The zero-order valence-corrected chi connectivity index (χ0v) is 14.2. The Morgan fingerprint density at radius 3 is 2.58 bits per heavy atom. The highest BCUT2D eigenvalue weighted by atomic mass is 35.5. The molecule has 0 atom stereocenters. The Hall–Kier alpha value is -3.19. The smallest absolute Gasteiger partial charge is 0.269 e. The molecule has 7 nitrogen and oxygen atoms in total. The number of nitrogens with one attached hydrogen (secondary N) is 2. The van der Waals surface area contributed by atoms with Crippen LogP contribution >= 0.6 is 11.6 Å². The third-order valence-electron chi connectivity index (χ3n) is 3.84. The van der Waals surface area contributed by atoms with Crippen molar-refractivity contribution in [3.63, 3.8) is 0 Å². The SMILES string of the molecule is O=C(CN1C(=O)Cc2ccccc2C1=O)NNC(=O)c1cccc(Cl)c1. The molecule has 1 aliphatic heterocycles. The molecule has 3 rings (SSSR count). The molecule has 2 N–H and O–H groups in total. The van der Waals surface area contributed by atoms with Crippen molar-refractivity contribution in [2.75, 3.05) is 6.54 Å². The fourth-order valence-electron chi connectivity index (χ4n) is 2.57. The predicted molar refractivity (Wildman–Crippen MR) is 93.3 cm³/mol. The number of amides is 4. The summed E-state index contributed by atoms with van der Waals surface area (Å²) in [6.07, 6.45) is 0.0457. The zero-order chi connectivity index (χ0) is 18.7. The zero-order valence-electron chi connectivity index (χ0n) is 13.5. The third kappa shape index (κ3) is 3.73. The van der Waals surface area contributed by atoms with Crippen LogP contribution in [0.25, 0.3) is 0 Å². The molecule has 0 saturated heterocycles. The standard InChI is InChI=1S/C18H14ClN3O4/c19-13-6-3-5-12(8-13)17(25)21-20-15(23)10-22-16(24)9-11-4-1-2-7-14(11)18(22)26/h1-8H,9-10H2,(H,20,23)(H,21,25). The molecule has 132 valence electrons. The molecular weight excluding hydrogens is 358 g/mol. The highest BCUT2D eigenvalue weighted by molar-refractivity contribution is 6.31. The third-order valence-corrected chi connectivity index (χ3v) is 4.07. The van der Waals surface area contributed by atoms with Crippen LogP contribution in [0, 0.1) is 0 Å². The predicted octanol–water partition coefficient (Wildman–Crippen LogP) is 1.33. The number of carbonyl (C=O) groups is 4. The molecule has 0 spiro atoms. The monoisotopic (exact) mass is 371 g/mol. The number of carbonyl (C=O) groups excluding carboxylic acids is 4. The van der Waals surface area contributed by atoms with Gasteiger partial charge in [-0.25, -0.2) is 0 Å². The first-order valence-corrected chi connectivity index (χ1v) is 8.11. The van der Waals surface area contributed by atoms with E-state index in [4.69, 9.17) is 11.6 Å². The number of imide groups is 1. The minimum atomic E-state index is -0.693. The Labute approximate surface area is 153 Å². The number of fused-ring (bicyclic) bond motifs is 1.